The number of hydrogen-bond acceptors (Lipinski definition) is 3. The zero-order chi connectivity index (χ0) is 17.7. The van der Waals surface area contributed by atoms with Crippen LogP contribution in [0.1, 0.15) is 18.4 Å². The number of nitrogens with one attached hydrogen (secondary N) is 1. The molecule has 0 atom stereocenters. The van der Waals surface area contributed by atoms with Crippen molar-refractivity contribution in [3.63, 3.8) is 0 Å². The summed E-state index contributed by atoms with van der Waals surface area (Å²) in [7, 11) is -1.23. The lowest BCUT2D eigenvalue weighted by atomic mass is 10.2. The van der Waals surface area contributed by atoms with Crippen molar-refractivity contribution in [3.05, 3.63) is 29.8 Å². The number of nitrogens with zero attached hydrogens (tertiary/aromatic N) is 2. The van der Waals surface area contributed by atoms with E-state index in [4.69, 9.17) is 0 Å². The lowest BCUT2D eigenvalue weighted by molar-refractivity contribution is -0.883. The van der Waals surface area contributed by atoms with Crippen LogP contribution in [0.25, 0.3) is 0 Å². The van der Waals surface area contributed by atoms with Crippen LogP contribution in [0.3, 0.4) is 0 Å². The average Bonchev–Trinajstić information content (AvgIpc) is 2.50. The first-order chi connectivity index (χ1) is 11.3. The van der Waals surface area contributed by atoms with Gasteiger partial charge in [-0.25, -0.2) is 8.42 Å². The molecule has 0 unspecified atom stereocenters. The molecule has 0 aromatic heterocycles. The maximum Gasteiger partial charge on any atom is 0.232 e. The summed E-state index contributed by atoms with van der Waals surface area (Å²) in [5.74, 6) is 0.125. The van der Waals surface area contributed by atoms with Crippen LogP contribution in [0.2, 0.25) is 0 Å². The van der Waals surface area contributed by atoms with E-state index in [0.717, 1.165) is 31.7 Å². The summed E-state index contributed by atoms with van der Waals surface area (Å²) in [5.41, 5.74) is 1.67. The smallest absolute Gasteiger partial charge is 0.232 e. The van der Waals surface area contributed by atoms with Gasteiger partial charge in [-0.05, 0) is 31.0 Å². The number of likely N-dealkylation sites (N-methyl/N-ethyl adjacent to an activating group) is 1. The van der Waals surface area contributed by atoms with Crippen molar-refractivity contribution in [2.45, 2.75) is 19.8 Å². The second kappa shape index (κ2) is 7.98. The monoisotopic (exact) mass is 354 g/mol. The van der Waals surface area contributed by atoms with Gasteiger partial charge in [0.2, 0.25) is 15.9 Å². The molecule has 1 saturated heterocycles. The van der Waals surface area contributed by atoms with Crippen molar-refractivity contribution < 1.29 is 18.1 Å². The molecule has 134 valence electrons. The molecule has 0 saturated carbocycles. The third kappa shape index (κ3) is 5.21. The third-order valence-corrected chi connectivity index (χ3v) is 5.61. The van der Waals surface area contributed by atoms with E-state index in [-0.39, 0.29) is 5.91 Å². The third-order valence-electron chi connectivity index (χ3n) is 4.41. The van der Waals surface area contributed by atoms with E-state index in [1.807, 2.05) is 30.0 Å². The topological polar surface area (TPSA) is 62.1 Å². The van der Waals surface area contributed by atoms with Crippen LogP contribution in [0, 0.1) is 6.92 Å². The van der Waals surface area contributed by atoms with E-state index >= 15 is 0 Å². The number of hydrogen-bond donors (Lipinski definition) is 1. The standard InChI is InChI=1S/C17H27N3O3S/c1-15-6-4-7-16(14-15)20(24(3,22)23)9-5-8-17(21)19-12-10-18(2)11-13-19/h4,6-7,14H,5,8-13H2,1-3H3/p+1. The second-order valence-electron chi connectivity index (χ2n) is 6.62. The van der Waals surface area contributed by atoms with Gasteiger partial charge in [-0.15, -0.1) is 0 Å². The largest absolute Gasteiger partial charge is 0.334 e. The SMILES string of the molecule is Cc1cccc(N(CCCC(=O)N2CC[NH+](C)CC2)S(C)(=O)=O)c1. The van der Waals surface area contributed by atoms with Gasteiger partial charge in [0, 0.05) is 13.0 Å². The van der Waals surface area contributed by atoms with Gasteiger partial charge in [-0.1, -0.05) is 12.1 Å². The summed E-state index contributed by atoms with van der Waals surface area (Å²) < 4.78 is 25.6. The van der Waals surface area contributed by atoms with Crippen LogP contribution in [0.15, 0.2) is 24.3 Å². The number of sulfonamides is 1. The molecule has 1 aromatic rings. The highest BCUT2D eigenvalue weighted by molar-refractivity contribution is 7.92. The number of piperazine rings is 1. The number of aryl methyl sites for hydroxylation is 1. The molecule has 0 aliphatic carbocycles. The zero-order valence-electron chi connectivity index (χ0n) is 14.8. The molecule has 1 heterocycles. The minimum atomic E-state index is -3.36. The first kappa shape index (κ1) is 18.7. The van der Waals surface area contributed by atoms with Crippen molar-refractivity contribution in [2.24, 2.45) is 0 Å². The number of carbonyl (C=O) groups is 1. The lowest BCUT2D eigenvalue weighted by Gasteiger charge is -2.30. The number of carbonyl (C=O) groups excluding carboxylic acids is 1. The van der Waals surface area contributed by atoms with Crippen molar-refractivity contribution in [1.29, 1.82) is 0 Å². The molecule has 1 aliphatic rings. The Morgan fingerprint density at radius 2 is 1.96 bits per heavy atom. The van der Waals surface area contributed by atoms with Gasteiger partial charge < -0.3 is 9.80 Å². The molecule has 24 heavy (non-hydrogen) atoms. The average molecular weight is 354 g/mol. The second-order valence-corrected chi connectivity index (χ2v) is 8.52. The summed E-state index contributed by atoms with van der Waals surface area (Å²) in [6.07, 6.45) is 2.12. The van der Waals surface area contributed by atoms with Crippen LogP contribution in [-0.4, -0.2) is 65.3 Å². The predicted molar refractivity (Wildman–Crippen MR) is 95.8 cm³/mol. The fourth-order valence-electron chi connectivity index (χ4n) is 2.94. The number of benzene rings is 1. The molecule has 0 radical (unpaired) electrons. The van der Waals surface area contributed by atoms with Crippen LogP contribution in [0.5, 0.6) is 0 Å². The van der Waals surface area contributed by atoms with Gasteiger partial charge in [0.25, 0.3) is 0 Å². The van der Waals surface area contributed by atoms with Crippen molar-refractivity contribution in [2.75, 3.05) is 50.3 Å². The highest BCUT2D eigenvalue weighted by atomic mass is 32.2. The van der Waals surface area contributed by atoms with Crippen LogP contribution in [0.4, 0.5) is 5.69 Å². The molecule has 2 rings (SSSR count). The molecular formula is C17H28N3O3S+. The highest BCUT2D eigenvalue weighted by Gasteiger charge is 2.22. The fourth-order valence-corrected chi connectivity index (χ4v) is 3.90. The fraction of sp³-hybridized carbons (Fsp3) is 0.588. The van der Waals surface area contributed by atoms with E-state index in [0.29, 0.717) is 25.1 Å². The Balaban J connectivity index is 1.93. The summed E-state index contributed by atoms with van der Waals surface area (Å²) in [6, 6.07) is 7.43. The lowest BCUT2D eigenvalue weighted by Crippen LogP contribution is -3.12. The minimum absolute atomic E-state index is 0.125. The van der Waals surface area contributed by atoms with Crippen LogP contribution >= 0.6 is 0 Å². The molecule has 1 fully saturated rings. The van der Waals surface area contributed by atoms with Gasteiger partial charge in [-0.2, -0.15) is 0 Å². The van der Waals surface area contributed by atoms with E-state index in [9.17, 15) is 13.2 Å². The minimum Gasteiger partial charge on any atom is -0.334 e. The van der Waals surface area contributed by atoms with E-state index in [1.54, 1.807) is 6.07 Å². The molecular weight excluding hydrogens is 326 g/mol. The van der Waals surface area contributed by atoms with Crippen LogP contribution < -0.4 is 9.21 Å². The zero-order valence-corrected chi connectivity index (χ0v) is 15.6. The molecule has 7 heteroatoms. The molecule has 1 amide bonds. The van der Waals surface area contributed by atoms with E-state index in [2.05, 4.69) is 7.05 Å². The van der Waals surface area contributed by atoms with Gasteiger partial charge in [-0.3, -0.25) is 9.10 Å². The maximum atomic E-state index is 12.3. The summed E-state index contributed by atoms with van der Waals surface area (Å²) in [4.78, 5) is 15.6. The first-order valence-corrected chi connectivity index (χ1v) is 10.3. The van der Waals surface area contributed by atoms with Gasteiger partial charge >= 0.3 is 0 Å². The predicted octanol–water partition coefficient (Wildman–Crippen LogP) is -0.102. The highest BCUT2D eigenvalue weighted by Crippen LogP contribution is 2.19. The van der Waals surface area contributed by atoms with Crippen molar-refractivity contribution >= 4 is 21.6 Å². The Labute approximate surface area is 145 Å². The number of rotatable bonds is 6. The van der Waals surface area contributed by atoms with E-state index in [1.165, 1.54) is 15.5 Å². The molecule has 0 spiro atoms. The maximum absolute atomic E-state index is 12.3. The van der Waals surface area contributed by atoms with Gasteiger partial charge in [0.1, 0.15) is 0 Å². The number of anilines is 1. The Morgan fingerprint density at radius 3 is 2.54 bits per heavy atom. The van der Waals surface area contributed by atoms with Crippen molar-refractivity contribution in [3.8, 4) is 0 Å². The Bertz CT molecular complexity index is 667. The van der Waals surface area contributed by atoms with E-state index < -0.39 is 10.0 Å². The van der Waals surface area contributed by atoms with Crippen LogP contribution in [-0.2, 0) is 14.8 Å². The summed E-state index contributed by atoms with van der Waals surface area (Å²) >= 11 is 0. The normalized spacial score (nSPS) is 16.2. The molecule has 1 aliphatic heterocycles. The quantitative estimate of drug-likeness (QED) is 0.776. The molecule has 1 N–H and O–H groups in total. The summed E-state index contributed by atoms with van der Waals surface area (Å²) in [5, 5.41) is 0. The molecule has 1 aromatic carbocycles. The van der Waals surface area contributed by atoms with Crippen molar-refractivity contribution in [1.82, 2.24) is 4.90 Å². The Morgan fingerprint density at radius 1 is 1.29 bits per heavy atom. The number of quaternary nitrogens is 1. The first-order valence-electron chi connectivity index (χ1n) is 8.41. The Kier molecular flexibility index (Phi) is 6.23. The number of amides is 1. The van der Waals surface area contributed by atoms with Gasteiger partial charge in [0.15, 0.2) is 0 Å². The molecule has 0 bridgehead atoms. The van der Waals surface area contributed by atoms with Gasteiger partial charge in [0.05, 0.1) is 45.2 Å². The molecule has 6 nitrogen and oxygen atoms in total. The summed E-state index contributed by atoms with van der Waals surface area (Å²) in [6.45, 7) is 5.79. The Hall–Kier alpha value is -1.60.